The van der Waals surface area contributed by atoms with Crippen LogP contribution in [0, 0.1) is 0 Å². The van der Waals surface area contributed by atoms with Crippen molar-refractivity contribution in [2.45, 2.75) is 31.7 Å². The number of hydrogen-bond acceptors (Lipinski definition) is 4. The monoisotopic (exact) mass is 390 g/mol. The van der Waals surface area contributed by atoms with Gasteiger partial charge in [-0.1, -0.05) is 0 Å². The minimum absolute atomic E-state index is 0.162. The van der Waals surface area contributed by atoms with Crippen molar-refractivity contribution in [3.63, 3.8) is 0 Å². The molecule has 1 aromatic rings. The number of halogens is 2. The van der Waals surface area contributed by atoms with Crippen LogP contribution in [0.2, 0.25) is 0 Å². The van der Waals surface area contributed by atoms with Gasteiger partial charge in [0.2, 0.25) is 0 Å². The normalized spacial score (nSPS) is 19.3. The summed E-state index contributed by atoms with van der Waals surface area (Å²) in [5, 5.41) is 0. The van der Waals surface area contributed by atoms with Crippen LogP contribution in [0.15, 0.2) is 21.2 Å². The summed E-state index contributed by atoms with van der Waals surface area (Å²) in [6, 6.07) is 2.15. The molecule has 0 spiro atoms. The van der Waals surface area contributed by atoms with Crippen LogP contribution in [0.3, 0.4) is 0 Å². The Morgan fingerprint density at radius 3 is 3.00 bits per heavy atom. The van der Waals surface area contributed by atoms with Gasteiger partial charge in [0.1, 0.15) is 5.82 Å². The molecule has 1 fully saturated rings. The first kappa shape index (κ1) is 14.8. The maximum Gasteiger partial charge on any atom is 0.307 e. The highest BCUT2D eigenvalue weighted by Crippen LogP contribution is 2.32. The van der Waals surface area contributed by atoms with Crippen molar-refractivity contribution >= 4 is 43.6 Å². The first-order chi connectivity index (χ1) is 9.11. The number of piperidine rings is 1. The molecule has 1 saturated heterocycles. The molecule has 1 aromatic heterocycles. The van der Waals surface area contributed by atoms with E-state index >= 15 is 0 Å². The zero-order chi connectivity index (χ0) is 13.8. The molecule has 0 N–H and O–H groups in total. The van der Waals surface area contributed by atoms with Crippen LogP contribution < -0.4 is 4.90 Å². The maximum atomic E-state index is 11.5. The number of aromatic nitrogens is 1. The number of anilines is 1. The molecule has 6 heteroatoms. The van der Waals surface area contributed by atoms with E-state index in [0.717, 1.165) is 40.6 Å². The van der Waals surface area contributed by atoms with Gasteiger partial charge in [-0.05, 0) is 57.2 Å². The Bertz CT molecular complexity index is 468. The van der Waals surface area contributed by atoms with E-state index in [2.05, 4.69) is 41.7 Å². The number of pyridine rings is 1. The van der Waals surface area contributed by atoms with Crippen molar-refractivity contribution in [3.05, 3.63) is 21.2 Å². The molecule has 19 heavy (non-hydrogen) atoms. The van der Waals surface area contributed by atoms with E-state index in [-0.39, 0.29) is 12.0 Å². The summed E-state index contributed by atoms with van der Waals surface area (Å²) in [5.74, 6) is 0.738. The van der Waals surface area contributed by atoms with Crippen molar-refractivity contribution in [2.75, 3.05) is 18.6 Å². The van der Waals surface area contributed by atoms with E-state index in [9.17, 15) is 4.79 Å². The lowest BCUT2D eigenvalue weighted by Gasteiger charge is -2.36. The first-order valence-corrected chi connectivity index (χ1v) is 7.85. The molecule has 0 radical (unpaired) electrons. The van der Waals surface area contributed by atoms with Gasteiger partial charge in [-0.2, -0.15) is 0 Å². The summed E-state index contributed by atoms with van der Waals surface area (Å²) in [4.78, 5) is 18.2. The molecule has 2 heterocycles. The van der Waals surface area contributed by atoms with Gasteiger partial charge in [-0.15, -0.1) is 0 Å². The second-order valence-electron chi connectivity index (χ2n) is 4.58. The van der Waals surface area contributed by atoms with E-state index in [0.29, 0.717) is 6.42 Å². The van der Waals surface area contributed by atoms with Crippen LogP contribution >= 0.6 is 31.9 Å². The molecule has 1 unspecified atom stereocenters. The van der Waals surface area contributed by atoms with Crippen LogP contribution in [0.4, 0.5) is 5.82 Å². The second kappa shape index (κ2) is 6.70. The number of esters is 1. The maximum absolute atomic E-state index is 11.5. The summed E-state index contributed by atoms with van der Waals surface area (Å²) in [6.07, 6.45) is 5.47. The van der Waals surface area contributed by atoms with E-state index in [4.69, 9.17) is 4.74 Å². The largest absolute Gasteiger partial charge is 0.469 e. The van der Waals surface area contributed by atoms with Crippen molar-refractivity contribution in [3.8, 4) is 0 Å². The lowest BCUT2D eigenvalue weighted by atomic mass is 9.99. The van der Waals surface area contributed by atoms with Gasteiger partial charge in [-0.3, -0.25) is 4.79 Å². The molecule has 1 aliphatic heterocycles. The predicted molar refractivity (Wildman–Crippen MR) is 81.3 cm³/mol. The van der Waals surface area contributed by atoms with Crippen molar-refractivity contribution in [1.82, 2.24) is 4.98 Å². The molecule has 0 saturated carbocycles. The van der Waals surface area contributed by atoms with E-state index < -0.39 is 0 Å². The van der Waals surface area contributed by atoms with Crippen molar-refractivity contribution < 1.29 is 9.53 Å². The van der Waals surface area contributed by atoms with E-state index in [1.807, 2.05) is 6.07 Å². The molecule has 1 atom stereocenters. The Kier molecular flexibility index (Phi) is 5.21. The van der Waals surface area contributed by atoms with Crippen LogP contribution in [0.1, 0.15) is 25.7 Å². The van der Waals surface area contributed by atoms with Crippen LogP contribution in [0.25, 0.3) is 0 Å². The van der Waals surface area contributed by atoms with Crippen LogP contribution in [0.5, 0.6) is 0 Å². The topological polar surface area (TPSA) is 42.4 Å². The summed E-state index contributed by atoms with van der Waals surface area (Å²) < 4.78 is 6.66. The van der Waals surface area contributed by atoms with Gasteiger partial charge in [0, 0.05) is 23.3 Å². The van der Waals surface area contributed by atoms with Gasteiger partial charge in [-0.25, -0.2) is 4.98 Å². The summed E-state index contributed by atoms with van der Waals surface area (Å²) in [5.41, 5.74) is 0. The molecule has 104 valence electrons. The standard InChI is InChI=1S/C13H16Br2N2O2/c1-19-12(18)7-10-4-2-3-5-17(10)13-11(15)6-9(14)8-16-13/h6,8,10H,2-5,7H2,1H3. The fourth-order valence-electron chi connectivity index (χ4n) is 2.39. The van der Waals surface area contributed by atoms with Gasteiger partial charge < -0.3 is 9.64 Å². The molecule has 0 aromatic carbocycles. The van der Waals surface area contributed by atoms with E-state index in [1.54, 1.807) is 6.20 Å². The molecular weight excluding hydrogens is 376 g/mol. The number of rotatable bonds is 3. The van der Waals surface area contributed by atoms with Crippen molar-refractivity contribution in [2.24, 2.45) is 0 Å². The number of ether oxygens (including phenoxy) is 1. The third kappa shape index (κ3) is 3.69. The molecule has 0 aliphatic carbocycles. The second-order valence-corrected chi connectivity index (χ2v) is 6.35. The zero-order valence-corrected chi connectivity index (χ0v) is 13.9. The molecular formula is C13H16Br2N2O2. The van der Waals surface area contributed by atoms with Gasteiger partial charge in [0.05, 0.1) is 18.0 Å². The Hall–Kier alpha value is -0.620. The minimum atomic E-state index is -0.162. The summed E-state index contributed by atoms with van der Waals surface area (Å²) in [7, 11) is 1.43. The van der Waals surface area contributed by atoms with Gasteiger partial charge in [0.25, 0.3) is 0 Å². The number of carbonyl (C=O) groups is 1. The SMILES string of the molecule is COC(=O)CC1CCCCN1c1ncc(Br)cc1Br. The fourth-order valence-corrected chi connectivity index (χ4v) is 3.60. The highest BCUT2D eigenvalue weighted by Gasteiger charge is 2.27. The highest BCUT2D eigenvalue weighted by molar-refractivity contribution is 9.11. The van der Waals surface area contributed by atoms with Crippen LogP contribution in [-0.4, -0.2) is 30.6 Å². The molecule has 0 bridgehead atoms. The van der Waals surface area contributed by atoms with Crippen molar-refractivity contribution in [1.29, 1.82) is 0 Å². The number of carbonyl (C=O) groups excluding carboxylic acids is 1. The highest BCUT2D eigenvalue weighted by atomic mass is 79.9. The fraction of sp³-hybridized carbons (Fsp3) is 0.538. The zero-order valence-electron chi connectivity index (χ0n) is 10.7. The average molecular weight is 392 g/mol. The Morgan fingerprint density at radius 2 is 2.32 bits per heavy atom. The summed E-state index contributed by atoms with van der Waals surface area (Å²) in [6.45, 7) is 0.925. The lowest BCUT2D eigenvalue weighted by molar-refractivity contribution is -0.141. The van der Waals surface area contributed by atoms with E-state index in [1.165, 1.54) is 7.11 Å². The third-order valence-corrected chi connectivity index (χ3v) is 4.33. The predicted octanol–water partition coefficient (Wildman–Crippen LogP) is 3.53. The quantitative estimate of drug-likeness (QED) is 0.739. The Morgan fingerprint density at radius 1 is 1.53 bits per heavy atom. The molecule has 1 aliphatic rings. The third-order valence-electron chi connectivity index (χ3n) is 3.32. The molecule has 0 amide bonds. The average Bonchev–Trinajstić information content (AvgIpc) is 2.40. The summed E-state index contributed by atoms with van der Waals surface area (Å²) >= 11 is 6.94. The first-order valence-electron chi connectivity index (χ1n) is 6.26. The molecule has 4 nitrogen and oxygen atoms in total. The number of hydrogen-bond donors (Lipinski definition) is 0. The number of nitrogens with zero attached hydrogens (tertiary/aromatic N) is 2. The Balaban J connectivity index is 2.21. The smallest absolute Gasteiger partial charge is 0.307 e. The molecule has 2 rings (SSSR count). The Labute approximate surface area is 129 Å². The minimum Gasteiger partial charge on any atom is -0.469 e. The van der Waals surface area contributed by atoms with Gasteiger partial charge in [0.15, 0.2) is 0 Å². The van der Waals surface area contributed by atoms with Crippen LogP contribution in [-0.2, 0) is 9.53 Å². The van der Waals surface area contributed by atoms with Gasteiger partial charge >= 0.3 is 5.97 Å². The lowest BCUT2D eigenvalue weighted by Crippen LogP contribution is -2.41. The number of methoxy groups -OCH3 is 1.